The van der Waals surface area contributed by atoms with Gasteiger partial charge in [0.25, 0.3) is 0 Å². The van der Waals surface area contributed by atoms with E-state index in [1.807, 2.05) is 11.3 Å². The molecule has 5 heteroatoms. The summed E-state index contributed by atoms with van der Waals surface area (Å²) >= 11 is 1.87. The van der Waals surface area contributed by atoms with E-state index >= 15 is 0 Å². The fourth-order valence-electron chi connectivity index (χ4n) is 1.09. The Labute approximate surface area is 109 Å². The van der Waals surface area contributed by atoms with E-state index in [4.69, 9.17) is 0 Å². The van der Waals surface area contributed by atoms with Crippen LogP contribution < -0.4 is 30.1 Å². The van der Waals surface area contributed by atoms with Gasteiger partial charge in [-0.3, -0.25) is 0 Å². The summed E-state index contributed by atoms with van der Waals surface area (Å²) < 4.78 is 0. The molecular formula is C10H18Cl2N2S-2. The summed E-state index contributed by atoms with van der Waals surface area (Å²) in [7, 11) is 4.19. The van der Waals surface area contributed by atoms with Crippen LogP contribution in [-0.4, -0.2) is 32.1 Å². The SMILES string of the molecule is Cc1ccc(CNCCN(C)C)s1.[Cl-].[Cl-]. The summed E-state index contributed by atoms with van der Waals surface area (Å²) in [5, 5.41) is 3.42. The van der Waals surface area contributed by atoms with Crippen LogP contribution in [-0.2, 0) is 6.54 Å². The second kappa shape index (κ2) is 9.43. The highest BCUT2D eigenvalue weighted by molar-refractivity contribution is 7.11. The average Bonchev–Trinajstić information content (AvgIpc) is 2.45. The first-order valence-electron chi connectivity index (χ1n) is 4.59. The maximum absolute atomic E-state index is 3.42. The molecule has 0 amide bonds. The molecule has 0 spiro atoms. The molecule has 1 aromatic heterocycles. The zero-order valence-electron chi connectivity index (χ0n) is 9.39. The molecule has 0 saturated carbocycles. The van der Waals surface area contributed by atoms with Crippen molar-refractivity contribution in [2.45, 2.75) is 13.5 Å². The predicted molar refractivity (Wildman–Crippen MR) is 59.3 cm³/mol. The maximum atomic E-state index is 3.42. The van der Waals surface area contributed by atoms with E-state index < -0.39 is 0 Å². The normalized spacial score (nSPS) is 9.60. The van der Waals surface area contributed by atoms with Gasteiger partial charge < -0.3 is 35.0 Å². The molecule has 90 valence electrons. The first kappa shape index (κ1) is 17.6. The smallest absolute Gasteiger partial charge is 0.0300 e. The number of hydrogen-bond acceptors (Lipinski definition) is 3. The van der Waals surface area contributed by atoms with Crippen molar-refractivity contribution in [1.29, 1.82) is 0 Å². The van der Waals surface area contributed by atoms with Crippen molar-refractivity contribution >= 4 is 11.3 Å². The van der Waals surface area contributed by atoms with Crippen LogP contribution >= 0.6 is 11.3 Å². The van der Waals surface area contributed by atoms with E-state index in [0.717, 1.165) is 19.6 Å². The Morgan fingerprint density at radius 2 is 1.93 bits per heavy atom. The fraction of sp³-hybridized carbons (Fsp3) is 0.600. The summed E-state index contributed by atoms with van der Waals surface area (Å²) in [6.07, 6.45) is 0. The van der Waals surface area contributed by atoms with Gasteiger partial charge in [0.1, 0.15) is 0 Å². The highest BCUT2D eigenvalue weighted by Gasteiger charge is 1.95. The van der Waals surface area contributed by atoms with Gasteiger partial charge in [-0.1, -0.05) is 0 Å². The van der Waals surface area contributed by atoms with Crippen molar-refractivity contribution in [2.24, 2.45) is 0 Å². The highest BCUT2D eigenvalue weighted by Crippen LogP contribution is 2.14. The quantitative estimate of drug-likeness (QED) is 0.544. The third-order valence-electron chi connectivity index (χ3n) is 1.83. The number of thiophene rings is 1. The second-order valence-corrected chi connectivity index (χ2v) is 4.86. The Bertz CT molecular complexity index is 251. The average molecular weight is 269 g/mol. The number of nitrogens with zero attached hydrogens (tertiary/aromatic N) is 1. The molecular weight excluding hydrogens is 251 g/mol. The summed E-state index contributed by atoms with van der Waals surface area (Å²) in [4.78, 5) is 5.01. The first-order valence-corrected chi connectivity index (χ1v) is 5.41. The minimum Gasteiger partial charge on any atom is -1.00 e. The van der Waals surface area contributed by atoms with Gasteiger partial charge in [-0.2, -0.15) is 0 Å². The lowest BCUT2D eigenvalue weighted by atomic mass is 10.4. The van der Waals surface area contributed by atoms with Crippen molar-refractivity contribution in [3.63, 3.8) is 0 Å². The van der Waals surface area contributed by atoms with Crippen LogP contribution in [0.4, 0.5) is 0 Å². The number of likely N-dealkylation sites (N-methyl/N-ethyl adjacent to an activating group) is 1. The fourth-order valence-corrected chi connectivity index (χ4v) is 1.95. The van der Waals surface area contributed by atoms with Crippen LogP contribution in [0.15, 0.2) is 12.1 Å². The molecule has 0 aliphatic rings. The molecule has 1 aromatic rings. The van der Waals surface area contributed by atoms with Gasteiger partial charge in [-0.15, -0.1) is 11.3 Å². The second-order valence-electron chi connectivity index (χ2n) is 3.49. The third-order valence-corrected chi connectivity index (χ3v) is 2.83. The molecule has 1 heterocycles. The van der Waals surface area contributed by atoms with E-state index in [1.54, 1.807) is 0 Å². The van der Waals surface area contributed by atoms with E-state index in [1.165, 1.54) is 9.75 Å². The Kier molecular flexibility index (Phi) is 11.1. The Morgan fingerprint density at radius 1 is 1.27 bits per heavy atom. The topological polar surface area (TPSA) is 15.3 Å². The molecule has 1 N–H and O–H groups in total. The van der Waals surface area contributed by atoms with Crippen molar-refractivity contribution in [1.82, 2.24) is 10.2 Å². The van der Waals surface area contributed by atoms with Crippen LogP contribution in [0.1, 0.15) is 9.75 Å². The van der Waals surface area contributed by atoms with Gasteiger partial charge in [-0.05, 0) is 33.2 Å². The molecule has 0 aliphatic heterocycles. The number of nitrogens with one attached hydrogen (secondary N) is 1. The van der Waals surface area contributed by atoms with Crippen molar-refractivity contribution < 1.29 is 24.8 Å². The summed E-state index contributed by atoms with van der Waals surface area (Å²) in [5.74, 6) is 0. The molecule has 1 rings (SSSR count). The number of aryl methyl sites for hydroxylation is 1. The van der Waals surface area contributed by atoms with Gasteiger partial charge in [0.15, 0.2) is 0 Å². The van der Waals surface area contributed by atoms with Crippen LogP contribution in [0.25, 0.3) is 0 Å². The number of halogens is 2. The molecule has 0 fully saturated rings. The largest absolute Gasteiger partial charge is 1.00 e. The molecule has 2 nitrogen and oxygen atoms in total. The molecule has 0 aliphatic carbocycles. The van der Waals surface area contributed by atoms with E-state index in [-0.39, 0.29) is 24.8 Å². The lowest BCUT2D eigenvalue weighted by Gasteiger charge is -2.09. The lowest BCUT2D eigenvalue weighted by Crippen LogP contribution is -3.00. The number of rotatable bonds is 5. The highest BCUT2D eigenvalue weighted by atomic mass is 35.5. The molecule has 0 saturated heterocycles. The first-order chi connectivity index (χ1) is 6.18. The molecule has 0 atom stereocenters. The van der Waals surface area contributed by atoms with Crippen LogP contribution in [0, 0.1) is 6.92 Å². The van der Waals surface area contributed by atoms with Gasteiger partial charge in [-0.25, -0.2) is 0 Å². The van der Waals surface area contributed by atoms with Crippen LogP contribution in [0.3, 0.4) is 0 Å². The standard InChI is InChI=1S/C10H18N2S.2ClH/c1-9-4-5-10(13-9)8-11-6-7-12(2)3;;/h4-5,11H,6-8H2,1-3H3;2*1H/p-2. The summed E-state index contributed by atoms with van der Waals surface area (Å²) in [6, 6.07) is 4.37. The zero-order valence-corrected chi connectivity index (χ0v) is 11.7. The monoisotopic (exact) mass is 268 g/mol. The minimum absolute atomic E-state index is 0. The molecule has 0 radical (unpaired) electrons. The minimum atomic E-state index is 0. The van der Waals surface area contributed by atoms with E-state index in [2.05, 4.69) is 43.4 Å². The summed E-state index contributed by atoms with van der Waals surface area (Å²) in [6.45, 7) is 5.31. The van der Waals surface area contributed by atoms with Gasteiger partial charge in [0, 0.05) is 29.4 Å². The zero-order chi connectivity index (χ0) is 9.68. The molecule has 15 heavy (non-hydrogen) atoms. The molecule has 0 bridgehead atoms. The van der Waals surface area contributed by atoms with Crippen molar-refractivity contribution in [3.05, 3.63) is 21.9 Å². The van der Waals surface area contributed by atoms with E-state index in [0.29, 0.717) is 0 Å². The maximum Gasteiger partial charge on any atom is 0.0300 e. The van der Waals surface area contributed by atoms with Gasteiger partial charge in [0.05, 0.1) is 0 Å². The van der Waals surface area contributed by atoms with Crippen molar-refractivity contribution in [3.8, 4) is 0 Å². The van der Waals surface area contributed by atoms with E-state index in [9.17, 15) is 0 Å². The van der Waals surface area contributed by atoms with Crippen LogP contribution in [0.2, 0.25) is 0 Å². The Morgan fingerprint density at radius 3 is 2.40 bits per heavy atom. The van der Waals surface area contributed by atoms with Gasteiger partial charge in [0.2, 0.25) is 0 Å². The molecule has 0 unspecified atom stereocenters. The van der Waals surface area contributed by atoms with Crippen molar-refractivity contribution in [2.75, 3.05) is 27.2 Å². The molecule has 0 aromatic carbocycles. The number of hydrogen-bond donors (Lipinski definition) is 1. The Balaban J connectivity index is 0. The Hall–Kier alpha value is 0.200. The third kappa shape index (κ3) is 8.05. The van der Waals surface area contributed by atoms with Crippen LogP contribution in [0.5, 0.6) is 0 Å². The summed E-state index contributed by atoms with van der Waals surface area (Å²) in [5.41, 5.74) is 0. The lowest BCUT2D eigenvalue weighted by molar-refractivity contribution is -0.00100. The predicted octanol–water partition coefficient (Wildman–Crippen LogP) is -4.28. The van der Waals surface area contributed by atoms with Gasteiger partial charge >= 0.3 is 0 Å².